The Hall–Kier alpha value is -2.40. The number of likely N-dealkylation sites (tertiary alicyclic amines) is 1. The number of rotatable bonds is 7. The van der Waals surface area contributed by atoms with Crippen LogP contribution in [0, 0.1) is 5.92 Å². The van der Waals surface area contributed by atoms with Gasteiger partial charge in [-0.15, -0.1) is 0 Å². The molecule has 2 aliphatic heterocycles. The minimum absolute atomic E-state index is 0.0541. The smallest absolute Gasteiger partial charge is 0.444 e. The van der Waals surface area contributed by atoms with E-state index >= 15 is 0 Å². The summed E-state index contributed by atoms with van der Waals surface area (Å²) in [5.74, 6) is 0.603. The first kappa shape index (κ1) is 29.6. The largest absolute Gasteiger partial charge is 0.498 e. The van der Waals surface area contributed by atoms with Gasteiger partial charge >= 0.3 is 13.2 Å². The molecule has 1 saturated carbocycles. The third-order valence-electron chi connectivity index (χ3n) is 8.13. The Kier molecular flexibility index (Phi) is 8.25. The molecule has 39 heavy (non-hydrogen) atoms. The number of carbonyl (C=O) groups is 2. The summed E-state index contributed by atoms with van der Waals surface area (Å²) in [6.07, 6.45) is 6.95. The second-order valence-electron chi connectivity index (χ2n) is 13.5. The Labute approximate surface area is 233 Å². The van der Waals surface area contributed by atoms with Gasteiger partial charge in [-0.2, -0.15) is 0 Å². The SMILES string of the molecule is CC(C)C(NC(=O)OC(C)(C)C)C(=O)N1CCC(N(c2ncc(B3OC(C)(C)C(C)(C)O3)cn2)C2CC2)CC1. The molecule has 1 aromatic heterocycles. The summed E-state index contributed by atoms with van der Waals surface area (Å²) in [6.45, 7) is 18.7. The lowest BCUT2D eigenvalue weighted by molar-refractivity contribution is -0.135. The van der Waals surface area contributed by atoms with E-state index in [2.05, 4.69) is 10.2 Å². The van der Waals surface area contributed by atoms with Gasteiger partial charge in [0.2, 0.25) is 11.9 Å². The van der Waals surface area contributed by atoms with Crippen LogP contribution in [0.3, 0.4) is 0 Å². The summed E-state index contributed by atoms with van der Waals surface area (Å²) in [6, 6.07) is 0.0551. The zero-order valence-electron chi connectivity index (χ0n) is 25.1. The Balaban J connectivity index is 1.38. The van der Waals surface area contributed by atoms with Gasteiger partial charge in [0.25, 0.3) is 0 Å². The normalized spacial score (nSPS) is 22.1. The van der Waals surface area contributed by atoms with E-state index in [1.807, 2.05) is 79.6 Å². The lowest BCUT2D eigenvalue weighted by atomic mass is 9.81. The fourth-order valence-corrected chi connectivity index (χ4v) is 5.05. The molecule has 1 unspecified atom stereocenters. The standard InChI is InChI=1S/C28H46BN5O5/c1-18(2)22(32-25(36)37-26(3,4)5)23(35)33-14-12-21(13-15-33)34(20-10-11-20)24-30-16-19(17-31-24)29-38-27(6,7)28(8,9)39-29/h16-18,20-22H,10-15H2,1-9H3,(H,32,36). The first-order valence-electron chi connectivity index (χ1n) is 14.3. The predicted molar refractivity (Wildman–Crippen MR) is 151 cm³/mol. The number of nitrogens with zero attached hydrogens (tertiary/aromatic N) is 4. The summed E-state index contributed by atoms with van der Waals surface area (Å²) in [7, 11) is -0.490. The van der Waals surface area contributed by atoms with Crippen molar-refractivity contribution < 1.29 is 23.6 Å². The van der Waals surface area contributed by atoms with E-state index in [0.717, 1.165) is 31.1 Å². The molecule has 0 bridgehead atoms. The lowest BCUT2D eigenvalue weighted by Gasteiger charge is -2.40. The molecule has 2 amide bonds. The quantitative estimate of drug-likeness (QED) is 0.523. The van der Waals surface area contributed by atoms with Crippen molar-refractivity contribution in [1.29, 1.82) is 0 Å². The van der Waals surface area contributed by atoms with Crippen LogP contribution in [-0.4, -0.2) is 82.0 Å². The molecule has 1 atom stereocenters. The van der Waals surface area contributed by atoms with E-state index in [4.69, 9.17) is 24.0 Å². The predicted octanol–water partition coefficient (Wildman–Crippen LogP) is 3.28. The molecule has 11 heteroatoms. The average molecular weight is 544 g/mol. The van der Waals surface area contributed by atoms with E-state index in [-0.39, 0.29) is 17.9 Å². The van der Waals surface area contributed by atoms with Crippen molar-refractivity contribution in [2.75, 3.05) is 18.0 Å². The van der Waals surface area contributed by atoms with Gasteiger partial charge in [-0.25, -0.2) is 14.8 Å². The Bertz CT molecular complexity index is 1010. The highest BCUT2D eigenvalue weighted by molar-refractivity contribution is 6.61. The van der Waals surface area contributed by atoms with Gasteiger partial charge in [-0.3, -0.25) is 4.79 Å². The molecule has 10 nitrogen and oxygen atoms in total. The number of amides is 2. The van der Waals surface area contributed by atoms with Crippen molar-refractivity contribution in [3.05, 3.63) is 12.4 Å². The van der Waals surface area contributed by atoms with Crippen molar-refractivity contribution in [3.8, 4) is 0 Å². The topological polar surface area (TPSA) is 106 Å². The Morgan fingerprint density at radius 1 is 1.03 bits per heavy atom. The van der Waals surface area contributed by atoms with Gasteiger partial charge in [0.05, 0.1) is 11.2 Å². The van der Waals surface area contributed by atoms with Gasteiger partial charge in [0.1, 0.15) is 11.6 Å². The third-order valence-corrected chi connectivity index (χ3v) is 8.13. The highest BCUT2D eigenvalue weighted by Crippen LogP contribution is 2.37. The molecule has 2 saturated heterocycles. The molecule has 1 N–H and O–H groups in total. The second-order valence-corrected chi connectivity index (χ2v) is 13.5. The van der Waals surface area contributed by atoms with Gasteiger partial charge in [0.15, 0.2) is 0 Å². The van der Waals surface area contributed by atoms with Gasteiger partial charge in [-0.1, -0.05) is 13.8 Å². The molecule has 216 valence electrons. The second kappa shape index (κ2) is 10.9. The number of hydrogen-bond donors (Lipinski definition) is 1. The van der Waals surface area contributed by atoms with Crippen LogP contribution >= 0.6 is 0 Å². The van der Waals surface area contributed by atoms with Crippen molar-refractivity contribution >= 4 is 30.5 Å². The van der Waals surface area contributed by atoms with Crippen LogP contribution in [0.25, 0.3) is 0 Å². The number of alkyl carbamates (subject to hydrolysis) is 1. The zero-order valence-corrected chi connectivity index (χ0v) is 25.1. The molecule has 0 radical (unpaired) electrons. The summed E-state index contributed by atoms with van der Waals surface area (Å²) < 4.78 is 17.7. The molecular formula is C28H46BN5O5. The maximum absolute atomic E-state index is 13.4. The fourth-order valence-electron chi connectivity index (χ4n) is 5.05. The van der Waals surface area contributed by atoms with Crippen LogP contribution in [0.1, 0.15) is 88.0 Å². The maximum Gasteiger partial charge on any atom is 0.498 e. The fraction of sp³-hybridized carbons (Fsp3) is 0.786. The number of piperidine rings is 1. The van der Waals surface area contributed by atoms with Crippen LogP contribution in [0.2, 0.25) is 0 Å². The Morgan fingerprint density at radius 3 is 2.00 bits per heavy atom. The number of nitrogens with one attached hydrogen (secondary N) is 1. The summed E-state index contributed by atoms with van der Waals surface area (Å²) >= 11 is 0. The van der Waals surface area contributed by atoms with Crippen LogP contribution < -0.4 is 15.7 Å². The van der Waals surface area contributed by atoms with Gasteiger partial charge in [-0.05, 0) is 80.1 Å². The first-order chi connectivity index (χ1) is 18.1. The number of hydrogen-bond acceptors (Lipinski definition) is 8. The summed E-state index contributed by atoms with van der Waals surface area (Å²) in [5, 5.41) is 2.79. The molecule has 3 aliphatic rings. The van der Waals surface area contributed by atoms with Crippen molar-refractivity contribution in [3.63, 3.8) is 0 Å². The molecular weight excluding hydrogens is 497 g/mol. The summed E-state index contributed by atoms with van der Waals surface area (Å²) in [4.78, 5) is 39.4. The van der Waals surface area contributed by atoms with E-state index in [1.54, 1.807) is 0 Å². The molecule has 3 heterocycles. The number of anilines is 1. The number of ether oxygens (including phenoxy) is 1. The minimum atomic E-state index is -0.623. The average Bonchev–Trinajstić information content (AvgIpc) is 3.63. The van der Waals surface area contributed by atoms with Crippen LogP contribution in [0.15, 0.2) is 12.4 Å². The molecule has 1 aromatic rings. The monoisotopic (exact) mass is 543 g/mol. The maximum atomic E-state index is 13.4. The van der Waals surface area contributed by atoms with E-state index < -0.39 is 36.1 Å². The van der Waals surface area contributed by atoms with Gasteiger partial charge in [0, 0.05) is 43.0 Å². The van der Waals surface area contributed by atoms with Crippen molar-refractivity contribution in [2.45, 2.75) is 123 Å². The molecule has 4 rings (SSSR count). The van der Waals surface area contributed by atoms with E-state index in [1.165, 1.54) is 0 Å². The van der Waals surface area contributed by atoms with E-state index in [0.29, 0.717) is 25.1 Å². The van der Waals surface area contributed by atoms with Crippen molar-refractivity contribution in [2.24, 2.45) is 5.92 Å². The minimum Gasteiger partial charge on any atom is -0.444 e. The molecule has 1 aliphatic carbocycles. The lowest BCUT2D eigenvalue weighted by Crippen LogP contribution is -2.55. The third kappa shape index (κ3) is 6.85. The van der Waals surface area contributed by atoms with Crippen LogP contribution in [0.5, 0.6) is 0 Å². The molecule has 3 fully saturated rings. The molecule has 0 aromatic carbocycles. The van der Waals surface area contributed by atoms with E-state index in [9.17, 15) is 9.59 Å². The highest BCUT2D eigenvalue weighted by Gasteiger charge is 2.52. The summed E-state index contributed by atoms with van der Waals surface area (Å²) in [5.41, 5.74) is -0.646. The number of carbonyl (C=O) groups excluding carboxylic acids is 2. The Morgan fingerprint density at radius 2 is 1.54 bits per heavy atom. The van der Waals surface area contributed by atoms with Gasteiger partial charge < -0.3 is 29.2 Å². The van der Waals surface area contributed by atoms with Crippen LogP contribution in [-0.2, 0) is 18.8 Å². The molecule has 0 spiro atoms. The first-order valence-corrected chi connectivity index (χ1v) is 14.3. The highest BCUT2D eigenvalue weighted by atomic mass is 16.7. The number of aromatic nitrogens is 2. The zero-order chi connectivity index (χ0) is 28.8. The van der Waals surface area contributed by atoms with Crippen molar-refractivity contribution in [1.82, 2.24) is 20.2 Å². The van der Waals surface area contributed by atoms with Crippen LogP contribution in [0.4, 0.5) is 10.7 Å².